The number of hydrogen-bond acceptors (Lipinski definition) is 4. The SMILES string of the molecule is CC(C)(C)c1ccc2c(c1)c1cc(C(C)(C)C)ccc1n2-c1cccc2c1Oc1c(-c3nc(C4=CCC=CC=C4)nc(-c4ccccc4)n3)cccc1C2(C)C. The molecular formula is C51H48N4O. The lowest BCUT2D eigenvalue weighted by molar-refractivity contribution is 0.418. The second-order valence-corrected chi connectivity index (χ2v) is 17.7. The number of benzene rings is 5. The molecule has 0 fully saturated rings. The van der Waals surface area contributed by atoms with Crippen LogP contribution in [-0.4, -0.2) is 19.5 Å². The number of allylic oxidation sites excluding steroid dienone is 6. The molecule has 278 valence electrons. The lowest BCUT2D eigenvalue weighted by Gasteiger charge is -2.36. The van der Waals surface area contributed by atoms with E-state index in [9.17, 15) is 0 Å². The van der Waals surface area contributed by atoms with E-state index in [4.69, 9.17) is 19.7 Å². The Morgan fingerprint density at radius 1 is 0.607 bits per heavy atom. The van der Waals surface area contributed by atoms with E-state index in [-0.39, 0.29) is 16.2 Å². The van der Waals surface area contributed by atoms with Crippen molar-refractivity contribution < 1.29 is 4.74 Å². The molecule has 0 bridgehead atoms. The second kappa shape index (κ2) is 13.0. The van der Waals surface area contributed by atoms with Crippen molar-refractivity contribution in [3.63, 3.8) is 0 Å². The van der Waals surface area contributed by atoms with E-state index < -0.39 is 0 Å². The van der Waals surface area contributed by atoms with Crippen molar-refractivity contribution in [2.45, 2.75) is 78.1 Å². The standard InChI is InChI=1S/C51H48N4O/c1-49(2,3)34-26-28-41-37(30-34)38-31-35(50(4,5)6)27-29-42(38)55(41)43-25-17-24-40-45(43)56-44-36(22-16-23-39(44)51(40,7)8)48-53-46(32-18-12-9-10-13-19-32)52-47(54-48)33-20-14-11-15-21-33/h9-12,14-31H,13H2,1-8H3. The van der Waals surface area contributed by atoms with E-state index in [0.29, 0.717) is 17.5 Å². The highest BCUT2D eigenvalue weighted by molar-refractivity contribution is 6.10. The summed E-state index contributed by atoms with van der Waals surface area (Å²) < 4.78 is 9.70. The van der Waals surface area contributed by atoms with Gasteiger partial charge in [0.05, 0.1) is 22.3 Å². The van der Waals surface area contributed by atoms with Gasteiger partial charge in [-0.25, -0.2) is 15.0 Å². The van der Waals surface area contributed by atoms with Crippen LogP contribution >= 0.6 is 0 Å². The molecule has 0 radical (unpaired) electrons. The molecule has 1 aliphatic heterocycles. The number of nitrogens with zero attached hydrogens (tertiary/aromatic N) is 4. The van der Waals surface area contributed by atoms with Crippen LogP contribution in [-0.2, 0) is 16.2 Å². The first-order valence-corrected chi connectivity index (χ1v) is 19.7. The average molecular weight is 733 g/mol. The van der Waals surface area contributed by atoms with Crippen LogP contribution in [0.2, 0.25) is 0 Å². The zero-order chi connectivity index (χ0) is 39.0. The normalized spacial score (nSPS) is 15.0. The number of hydrogen-bond donors (Lipinski definition) is 0. The van der Waals surface area contributed by atoms with Crippen LogP contribution in [0.1, 0.15) is 89.9 Å². The molecule has 0 saturated carbocycles. The predicted molar refractivity (Wildman–Crippen MR) is 232 cm³/mol. The minimum absolute atomic E-state index is 0.0125. The van der Waals surface area contributed by atoms with Crippen LogP contribution in [0.3, 0.4) is 0 Å². The number of aromatic nitrogens is 4. The molecule has 0 N–H and O–H groups in total. The fraction of sp³-hybridized carbons (Fsp3) is 0.235. The number of para-hydroxylation sites is 2. The summed E-state index contributed by atoms with van der Waals surface area (Å²) in [6, 6.07) is 37.0. The molecule has 9 rings (SSSR count). The highest BCUT2D eigenvalue weighted by Gasteiger charge is 2.38. The molecule has 2 aliphatic rings. The molecule has 5 nitrogen and oxygen atoms in total. The molecule has 1 aliphatic carbocycles. The number of fused-ring (bicyclic) bond motifs is 5. The Hall–Kier alpha value is -6.07. The largest absolute Gasteiger partial charge is 0.454 e. The molecule has 0 atom stereocenters. The zero-order valence-corrected chi connectivity index (χ0v) is 33.6. The molecule has 0 amide bonds. The third-order valence-electron chi connectivity index (χ3n) is 11.5. The minimum Gasteiger partial charge on any atom is -0.454 e. The van der Waals surface area contributed by atoms with Crippen molar-refractivity contribution >= 4 is 27.4 Å². The van der Waals surface area contributed by atoms with Gasteiger partial charge in [-0.05, 0) is 64.8 Å². The lowest BCUT2D eigenvalue weighted by atomic mass is 9.75. The van der Waals surface area contributed by atoms with Gasteiger partial charge in [0.25, 0.3) is 0 Å². The van der Waals surface area contributed by atoms with E-state index >= 15 is 0 Å². The van der Waals surface area contributed by atoms with Crippen LogP contribution in [0.25, 0.3) is 55.8 Å². The number of rotatable bonds is 4. The van der Waals surface area contributed by atoms with Gasteiger partial charge in [0.2, 0.25) is 0 Å². The Bertz CT molecular complexity index is 2710. The lowest BCUT2D eigenvalue weighted by Crippen LogP contribution is -2.25. The second-order valence-electron chi connectivity index (χ2n) is 17.7. The fourth-order valence-electron chi connectivity index (χ4n) is 8.17. The van der Waals surface area contributed by atoms with Crippen LogP contribution in [0.5, 0.6) is 11.5 Å². The number of ether oxygens (including phenoxy) is 1. The van der Waals surface area contributed by atoms with Crippen LogP contribution in [0, 0.1) is 0 Å². The molecule has 56 heavy (non-hydrogen) atoms. The topological polar surface area (TPSA) is 52.8 Å². The first-order valence-electron chi connectivity index (χ1n) is 19.7. The average Bonchev–Trinajstić information content (AvgIpc) is 3.29. The van der Waals surface area contributed by atoms with E-state index in [1.807, 2.05) is 36.4 Å². The van der Waals surface area contributed by atoms with Crippen molar-refractivity contribution in [1.82, 2.24) is 19.5 Å². The Morgan fingerprint density at radius 3 is 1.88 bits per heavy atom. The van der Waals surface area contributed by atoms with Gasteiger partial charge in [-0.15, -0.1) is 0 Å². The molecule has 5 heteroatoms. The Labute approximate surface area is 330 Å². The molecule has 2 aromatic heterocycles. The summed E-state index contributed by atoms with van der Waals surface area (Å²) in [5, 5.41) is 2.49. The van der Waals surface area contributed by atoms with E-state index in [0.717, 1.165) is 62.5 Å². The summed E-state index contributed by atoms with van der Waals surface area (Å²) >= 11 is 0. The highest BCUT2D eigenvalue weighted by Crippen LogP contribution is 2.53. The van der Waals surface area contributed by atoms with Crippen molar-refractivity contribution in [2.75, 3.05) is 0 Å². The molecule has 0 unspecified atom stereocenters. The van der Waals surface area contributed by atoms with E-state index in [1.165, 1.54) is 21.9 Å². The molecule has 0 saturated heterocycles. The minimum atomic E-state index is -0.386. The van der Waals surface area contributed by atoms with Crippen molar-refractivity contribution in [3.8, 4) is 40.0 Å². The summed E-state index contributed by atoms with van der Waals surface area (Å²) in [6.45, 7) is 18.3. The van der Waals surface area contributed by atoms with Gasteiger partial charge in [-0.1, -0.05) is 153 Å². The van der Waals surface area contributed by atoms with Gasteiger partial charge in [-0.2, -0.15) is 0 Å². The van der Waals surface area contributed by atoms with Gasteiger partial charge in [0.1, 0.15) is 5.75 Å². The van der Waals surface area contributed by atoms with Crippen LogP contribution < -0.4 is 4.74 Å². The molecule has 7 aromatic rings. The first kappa shape index (κ1) is 35.6. The molecule has 3 heterocycles. The van der Waals surface area contributed by atoms with Crippen molar-refractivity contribution in [3.05, 3.63) is 162 Å². The van der Waals surface area contributed by atoms with Gasteiger partial charge in [0, 0.05) is 38.5 Å². The maximum absolute atomic E-state index is 7.30. The summed E-state index contributed by atoms with van der Waals surface area (Å²) in [6.07, 6.45) is 11.3. The van der Waals surface area contributed by atoms with Crippen LogP contribution in [0.15, 0.2) is 134 Å². The monoisotopic (exact) mass is 732 g/mol. The summed E-state index contributed by atoms with van der Waals surface area (Å²) in [5.74, 6) is 3.45. The van der Waals surface area contributed by atoms with Crippen LogP contribution in [0.4, 0.5) is 0 Å². The first-order chi connectivity index (χ1) is 26.8. The molecular weight excluding hydrogens is 685 g/mol. The Balaban J connectivity index is 1.27. The molecule has 0 spiro atoms. The highest BCUT2D eigenvalue weighted by atomic mass is 16.5. The smallest absolute Gasteiger partial charge is 0.167 e. The quantitative estimate of drug-likeness (QED) is 0.181. The summed E-state index contributed by atoms with van der Waals surface area (Å²) in [5.41, 5.74) is 10.5. The Kier molecular flexibility index (Phi) is 8.28. The summed E-state index contributed by atoms with van der Waals surface area (Å²) in [7, 11) is 0. The Morgan fingerprint density at radius 2 is 1.21 bits per heavy atom. The third-order valence-corrected chi connectivity index (χ3v) is 11.5. The molecule has 5 aromatic carbocycles. The van der Waals surface area contributed by atoms with Gasteiger partial charge in [0.15, 0.2) is 23.2 Å². The predicted octanol–water partition coefficient (Wildman–Crippen LogP) is 13.2. The van der Waals surface area contributed by atoms with Crippen molar-refractivity contribution in [2.24, 2.45) is 0 Å². The van der Waals surface area contributed by atoms with Gasteiger partial charge in [-0.3, -0.25) is 0 Å². The maximum Gasteiger partial charge on any atom is 0.167 e. The van der Waals surface area contributed by atoms with E-state index in [2.05, 4.69) is 157 Å². The summed E-state index contributed by atoms with van der Waals surface area (Å²) in [4.78, 5) is 15.3. The van der Waals surface area contributed by atoms with Crippen molar-refractivity contribution in [1.29, 1.82) is 0 Å². The van der Waals surface area contributed by atoms with Gasteiger partial charge >= 0.3 is 0 Å². The third kappa shape index (κ3) is 5.97. The maximum atomic E-state index is 7.30. The van der Waals surface area contributed by atoms with Gasteiger partial charge < -0.3 is 9.30 Å². The zero-order valence-electron chi connectivity index (χ0n) is 33.6. The van der Waals surface area contributed by atoms with E-state index in [1.54, 1.807) is 0 Å². The fourth-order valence-corrected chi connectivity index (χ4v) is 8.17.